The first-order valence-corrected chi connectivity index (χ1v) is 12.9. The number of nitrogens with two attached hydrogens (primary N) is 2. The summed E-state index contributed by atoms with van der Waals surface area (Å²) in [5.74, 6) is -1.95. The number of hydrogen-bond donors (Lipinski definition) is 4. The molecule has 2 aromatic heterocycles. The number of tetrazole rings is 1. The highest BCUT2D eigenvalue weighted by molar-refractivity contribution is 8.01. The van der Waals surface area contributed by atoms with Crippen LogP contribution < -0.4 is 16.8 Å². The molecule has 1 saturated heterocycles. The van der Waals surface area contributed by atoms with Crippen LogP contribution in [0.4, 0.5) is 5.69 Å². The SMILES string of the molecule is NC(=O)CCn1nnnc1SCC1=C(C(=O)O)N2C(=O)C(NC(=O)Cc3sccc3N)[C@H]2SC1. The first-order valence-electron chi connectivity index (χ1n) is 9.94. The van der Waals surface area contributed by atoms with Gasteiger partial charge in [0.15, 0.2) is 0 Å². The normalized spacial score (nSPS) is 19.5. The summed E-state index contributed by atoms with van der Waals surface area (Å²) in [6.45, 7) is 0.204. The van der Waals surface area contributed by atoms with Gasteiger partial charge in [0.2, 0.25) is 17.0 Å². The summed E-state index contributed by atoms with van der Waals surface area (Å²) in [5.41, 5.74) is 11.9. The van der Waals surface area contributed by atoms with Crippen LogP contribution in [0.15, 0.2) is 27.9 Å². The number of carboxylic acids is 1. The van der Waals surface area contributed by atoms with Crippen LogP contribution in [0.5, 0.6) is 0 Å². The van der Waals surface area contributed by atoms with Crippen LogP contribution in [0.3, 0.4) is 0 Å². The van der Waals surface area contributed by atoms with Crippen molar-refractivity contribution < 1.29 is 24.3 Å². The summed E-state index contributed by atoms with van der Waals surface area (Å²) >= 11 is 3.93. The van der Waals surface area contributed by atoms with Gasteiger partial charge in [-0.05, 0) is 27.4 Å². The monoisotopic (exact) mass is 524 g/mol. The van der Waals surface area contributed by atoms with E-state index in [-0.39, 0.29) is 36.7 Å². The van der Waals surface area contributed by atoms with Gasteiger partial charge in [0.1, 0.15) is 17.1 Å². The molecular weight excluding hydrogens is 504 g/mol. The Kier molecular flexibility index (Phi) is 7.08. The smallest absolute Gasteiger partial charge is 0.352 e. The van der Waals surface area contributed by atoms with Gasteiger partial charge in [-0.2, -0.15) is 0 Å². The predicted octanol–water partition coefficient (Wildman–Crippen LogP) is -0.734. The molecule has 2 aliphatic heterocycles. The fraction of sp³-hybridized carbons (Fsp3) is 0.389. The zero-order valence-electron chi connectivity index (χ0n) is 17.5. The lowest BCUT2D eigenvalue weighted by Gasteiger charge is -2.49. The lowest BCUT2D eigenvalue weighted by atomic mass is 10.0. The van der Waals surface area contributed by atoms with Crippen LogP contribution in [-0.2, 0) is 32.1 Å². The number of nitrogens with one attached hydrogen (secondary N) is 1. The van der Waals surface area contributed by atoms with Gasteiger partial charge in [-0.3, -0.25) is 19.3 Å². The van der Waals surface area contributed by atoms with Crippen LogP contribution in [-0.4, -0.2) is 76.8 Å². The molecule has 1 unspecified atom stereocenters. The van der Waals surface area contributed by atoms with Crippen molar-refractivity contribution in [3.05, 3.63) is 27.6 Å². The Labute approximate surface area is 205 Å². The van der Waals surface area contributed by atoms with Crippen molar-refractivity contribution in [2.75, 3.05) is 17.2 Å². The highest BCUT2D eigenvalue weighted by atomic mass is 32.2. The van der Waals surface area contributed by atoms with E-state index in [1.807, 2.05) is 0 Å². The minimum Gasteiger partial charge on any atom is -0.477 e. The first-order chi connectivity index (χ1) is 16.3. The molecule has 4 rings (SSSR count). The van der Waals surface area contributed by atoms with Crippen molar-refractivity contribution in [2.24, 2.45) is 5.73 Å². The molecule has 0 aromatic carbocycles. The van der Waals surface area contributed by atoms with Gasteiger partial charge < -0.3 is 21.9 Å². The first kappa shape index (κ1) is 24.0. The molecule has 0 radical (unpaired) electrons. The third kappa shape index (κ3) is 4.88. The van der Waals surface area contributed by atoms with Crippen LogP contribution >= 0.6 is 34.9 Å². The average molecular weight is 525 g/mol. The molecule has 16 heteroatoms. The van der Waals surface area contributed by atoms with E-state index in [1.54, 1.807) is 11.4 Å². The van der Waals surface area contributed by atoms with Crippen molar-refractivity contribution in [3.8, 4) is 0 Å². The van der Waals surface area contributed by atoms with Gasteiger partial charge in [-0.1, -0.05) is 11.8 Å². The van der Waals surface area contributed by atoms with Gasteiger partial charge in [-0.15, -0.1) is 28.2 Å². The Bertz CT molecular complexity index is 1180. The molecule has 2 atom stereocenters. The number of carbonyl (C=O) groups excluding carboxylic acids is 3. The Morgan fingerprint density at radius 1 is 1.35 bits per heavy atom. The summed E-state index contributed by atoms with van der Waals surface area (Å²) in [5, 5.41) is 25.5. The molecule has 34 heavy (non-hydrogen) atoms. The van der Waals surface area contributed by atoms with Crippen LogP contribution in [0.25, 0.3) is 0 Å². The standard InChI is InChI=1S/C18H20N8O5S3/c19-9-2-4-32-10(9)5-12(28)21-13-15(29)26-14(17(30)31)8(6-33-16(13)26)7-34-18-22-23-24-25(18)3-1-11(20)27/h2,4,13,16H,1,3,5-7,19H2,(H2,20,27)(H,21,28)(H,30,31)/t13?,16-/m1/s1. The number of amides is 3. The van der Waals surface area contributed by atoms with E-state index in [1.165, 1.54) is 44.4 Å². The van der Waals surface area contributed by atoms with E-state index in [0.717, 1.165) is 0 Å². The van der Waals surface area contributed by atoms with Crippen molar-refractivity contribution in [1.29, 1.82) is 0 Å². The Hall–Kier alpha value is -3.11. The Balaban J connectivity index is 1.42. The van der Waals surface area contributed by atoms with Gasteiger partial charge >= 0.3 is 5.97 Å². The third-order valence-corrected chi connectivity index (χ3v) is 8.43. The number of fused-ring (bicyclic) bond motifs is 1. The number of rotatable bonds is 10. The maximum absolute atomic E-state index is 12.8. The molecule has 3 amide bonds. The number of nitrogens with zero attached hydrogens (tertiary/aromatic N) is 5. The van der Waals surface area contributed by atoms with Crippen molar-refractivity contribution in [3.63, 3.8) is 0 Å². The molecule has 0 bridgehead atoms. The zero-order chi connectivity index (χ0) is 24.4. The summed E-state index contributed by atoms with van der Waals surface area (Å²) in [6.07, 6.45) is 0.117. The van der Waals surface area contributed by atoms with Gasteiger partial charge in [-0.25, -0.2) is 9.48 Å². The number of hydrogen-bond acceptors (Lipinski definition) is 11. The fourth-order valence-electron chi connectivity index (χ4n) is 3.47. The molecule has 1 fully saturated rings. The summed E-state index contributed by atoms with van der Waals surface area (Å²) < 4.78 is 1.41. The van der Waals surface area contributed by atoms with E-state index in [9.17, 15) is 24.3 Å². The highest BCUT2D eigenvalue weighted by Gasteiger charge is 2.54. The topological polar surface area (TPSA) is 199 Å². The maximum atomic E-state index is 12.8. The number of β-lactam (4-membered cyclic amide) rings is 1. The van der Waals surface area contributed by atoms with Crippen molar-refractivity contribution in [1.82, 2.24) is 30.4 Å². The molecular formula is C18H20N8O5S3. The van der Waals surface area contributed by atoms with Crippen molar-refractivity contribution >= 4 is 64.2 Å². The van der Waals surface area contributed by atoms with Crippen LogP contribution in [0.2, 0.25) is 0 Å². The number of carboxylic acid groups (broad SMARTS) is 1. The van der Waals surface area contributed by atoms with E-state index < -0.39 is 29.2 Å². The van der Waals surface area contributed by atoms with E-state index in [2.05, 4.69) is 20.8 Å². The largest absolute Gasteiger partial charge is 0.477 e. The maximum Gasteiger partial charge on any atom is 0.352 e. The summed E-state index contributed by atoms with van der Waals surface area (Å²) in [4.78, 5) is 50.1. The number of aryl methyl sites for hydroxylation is 1. The second-order valence-corrected chi connectivity index (χ2v) is 10.4. The Morgan fingerprint density at radius 2 is 2.15 bits per heavy atom. The highest BCUT2D eigenvalue weighted by Crippen LogP contribution is 2.41. The lowest BCUT2D eigenvalue weighted by molar-refractivity contribution is -0.150. The molecule has 0 aliphatic carbocycles. The number of aromatic nitrogens is 4. The van der Waals surface area contributed by atoms with Crippen LogP contribution in [0, 0.1) is 0 Å². The minimum atomic E-state index is -1.22. The summed E-state index contributed by atoms with van der Waals surface area (Å²) in [7, 11) is 0. The number of carbonyl (C=O) groups is 4. The molecule has 4 heterocycles. The number of thiophene rings is 1. The van der Waals surface area contributed by atoms with Crippen LogP contribution in [0.1, 0.15) is 11.3 Å². The number of thioether (sulfide) groups is 2. The number of primary amides is 1. The molecule has 0 saturated carbocycles. The van der Waals surface area contributed by atoms with E-state index in [4.69, 9.17) is 11.5 Å². The quantitative estimate of drug-likeness (QED) is 0.225. The molecule has 2 aromatic rings. The number of anilines is 1. The summed E-state index contributed by atoms with van der Waals surface area (Å²) in [6, 6.07) is 0.906. The molecule has 13 nitrogen and oxygen atoms in total. The predicted molar refractivity (Wildman–Crippen MR) is 124 cm³/mol. The minimum absolute atomic E-state index is 0.0542. The molecule has 0 spiro atoms. The average Bonchev–Trinajstić information content (AvgIpc) is 3.42. The van der Waals surface area contributed by atoms with E-state index >= 15 is 0 Å². The zero-order valence-corrected chi connectivity index (χ0v) is 20.0. The van der Waals surface area contributed by atoms with Gasteiger partial charge in [0, 0.05) is 28.5 Å². The lowest BCUT2D eigenvalue weighted by Crippen LogP contribution is -2.70. The van der Waals surface area contributed by atoms with Gasteiger partial charge in [0.05, 0.1) is 13.0 Å². The second kappa shape index (κ2) is 10.0. The van der Waals surface area contributed by atoms with Crippen molar-refractivity contribution in [2.45, 2.75) is 36.0 Å². The third-order valence-electron chi connectivity index (χ3n) is 5.11. The molecule has 6 N–H and O–H groups in total. The fourth-order valence-corrected chi connectivity index (χ4v) is 6.65. The number of nitrogen functional groups attached to an aromatic ring is 1. The second-order valence-electron chi connectivity index (χ2n) is 7.38. The van der Waals surface area contributed by atoms with Gasteiger partial charge in [0.25, 0.3) is 5.91 Å². The Morgan fingerprint density at radius 3 is 2.82 bits per heavy atom. The van der Waals surface area contributed by atoms with E-state index in [0.29, 0.717) is 27.0 Å². The molecule has 2 aliphatic rings. The molecule has 180 valence electrons. The number of aliphatic carboxylic acids is 1.